The van der Waals surface area contributed by atoms with E-state index in [0.717, 1.165) is 5.56 Å². The van der Waals surface area contributed by atoms with Gasteiger partial charge in [0.1, 0.15) is 0 Å². The number of benzene rings is 2. The van der Waals surface area contributed by atoms with Crippen molar-refractivity contribution in [2.75, 3.05) is 29.5 Å². The van der Waals surface area contributed by atoms with Crippen LogP contribution in [0, 0.1) is 0 Å². The third-order valence-electron chi connectivity index (χ3n) is 4.83. The molecule has 134 valence electrons. The van der Waals surface area contributed by atoms with Gasteiger partial charge in [0.25, 0.3) is 11.8 Å². The molecule has 2 aromatic rings. The number of anilines is 1. The zero-order valence-electron chi connectivity index (χ0n) is 14.1. The minimum atomic E-state index is -2.89. The monoisotopic (exact) mass is 370 g/mol. The molecule has 2 aliphatic rings. The highest BCUT2D eigenvalue weighted by Gasteiger charge is 2.36. The van der Waals surface area contributed by atoms with E-state index in [1.54, 1.807) is 36.4 Å². The van der Waals surface area contributed by atoms with Crippen molar-refractivity contribution in [2.45, 2.75) is 6.54 Å². The predicted octanol–water partition coefficient (Wildman–Crippen LogP) is 1.72. The lowest BCUT2D eigenvalue weighted by Gasteiger charge is -2.26. The van der Waals surface area contributed by atoms with Gasteiger partial charge in [-0.15, -0.1) is 0 Å². The van der Waals surface area contributed by atoms with E-state index in [0.29, 0.717) is 36.4 Å². The lowest BCUT2D eigenvalue weighted by atomic mass is 10.1. The minimum absolute atomic E-state index is 0.195. The zero-order valence-corrected chi connectivity index (χ0v) is 14.9. The van der Waals surface area contributed by atoms with Crippen molar-refractivity contribution >= 4 is 27.3 Å². The summed E-state index contributed by atoms with van der Waals surface area (Å²) in [5.41, 5.74) is 2.41. The van der Waals surface area contributed by atoms with Crippen molar-refractivity contribution in [3.05, 3.63) is 65.2 Å². The molecule has 2 aliphatic heterocycles. The molecule has 0 aliphatic carbocycles. The van der Waals surface area contributed by atoms with Gasteiger partial charge >= 0.3 is 0 Å². The number of sulfone groups is 1. The topological polar surface area (TPSA) is 74.8 Å². The summed E-state index contributed by atoms with van der Waals surface area (Å²) in [5.74, 6) is -0.223. The average molecular weight is 370 g/mol. The van der Waals surface area contributed by atoms with Crippen molar-refractivity contribution < 1.29 is 18.0 Å². The van der Waals surface area contributed by atoms with E-state index in [4.69, 9.17) is 0 Å². The van der Waals surface area contributed by atoms with Crippen molar-refractivity contribution in [1.29, 1.82) is 0 Å². The van der Waals surface area contributed by atoms with Crippen LogP contribution in [0.15, 0.2) is 48.5 Å². The molecule has 0 N–H and O–H groups in total. The number of carbonyl (C=O) groups excluding carboxylic acids is 2. The number of carbonyl (C=O) groups is 2. The molecule has 0 saturated carbocycles. The summed E-state index contributed by atoms with van der Waals surface area (Å²) in [6.07, 6.45) is 0. The SMILES string of the molecule is O=C1c2ccccc2C(=O)N1c1ccc(CN2CCS(=O)(=O)CC2)cc1. The van der Waals surface area contributed by atoms with Crippen LogP contribution < -0.4 is 4.90 Å². The summed E-state index contributed by atoms with van der Waals surface area (Å²) >= 11 is 0. The maximum absolute atomic E-state index is 12.5. The van der Waals surface area contributed by atoms with E-state index >= 15 is 0 Å². The van der Waals surface area contributed by atoms with Gasteiger partial charge in [-0.1, -0.05) is 24.3 Å². The zero-order chi connectivity index (χ0) is 18.3. The first-order valence-electron chi connectivity index (χ1n) is 8.44. The molecule has 0 radical (unpaired) electrons. The van der Waals surface area contributed by atoms with Crippen LogP contribution in [0.25, 0.3) is 0 Å². The van der Waals surface area contributed by atoms with Gasteiger partial charge in [-0.2, -0.15) is 0 Å². The summed E-state index contributed by atoms with van der Waals surface area (Å²) < 4.78 is 23.0. The Hall–Kier alpha value is -2.51. The molecule has 1 fully saturated rings. The normalized spacial score (nSPS) is 19.6. The fourth-order valence-electron chi connectivity index (χ4n) is 3.34. The van der Waals surface area contributed by atoms with Crippen LogP contribution in [-0.4, -0.2) is 49.7 Å². The van der Waals surface area contributed by atoms with Crippen molar-refractivity contribution in [3.63, 3.8) is 0 Å². The van der Waals surface area contributed by atoms with Gasteiger partial charge in [-0.25, -0.2) is 13.3 Å². The van der Waals surface area contributed by atoms with Gasteiger partial charge in [-0.05, 0) is 29.8 Å². The molecular weight excluding hydrogens is 352 g/mol. The summed E-state index contributed by atoms with van der Waals surface area (Å²) in [6.45, 7) is 1.71. The highest BCUT2D eigenvalue weighted by atomic mass is 32.2. The first kappa shape index (κ1) is 16.9. The first-order valence-corrected chi connectivity index (χ1v) is 10.3. The molecule has 6 nitrogen and oxygen atoms in total. The fraction of sp³-hybridized carbons (Fsp3) is 0.263. The highest BCUT2D eigenvalue weighted by molar-refractivity contribution is 7.91. The number of nitrogens with zero attached hydrogens (tertiary/aromatic N) is 2. The molecule has 2 heterocycles. The Labute approximate surface area is 151 Å². The van der Waals surface area contributed by atoms with Crippen LogP contribution >= 0.6 is 0 Å². The van der Waals surface area contributed by atoms with E-state index in [2.05, 4.69) is 4.90 Å². The minimum Gasteiger partial charge on any atom is -0.297 e. The van der Waals surface area contributed by atoms with Crippen LogP contribution in [0.2, 0.25) is 0 Å². The van der Waals surface area contributed by atoms with Gasteiger partial charge in [0.2, 0.25) is 0 Å². The van der Waals surface area contributed by atoms with Crippen LogP contribution in [0.3, 0.4) is 0 Å². The van der Waals surface area contributed by atoms with Crippen molar-refractivity contribution in [2.24, 2.45) is 0 Å². The van der Waals surface area contributed by atoms with E-state index in [-0.39, 0.29) is 23.3 Å². The van der Waals surface area contributed by atoms with Crippen LogP contribution in [0.4, 0.5) is 5.69 Å². The Morgan fingerprint density at radius 3 is 1.88 bits per heavy atom. The summed E-state index contributed by atoms with van der Waals surface area (Å²) in [5, 5.41) is 0. The molecule has 0 atom stereocenters. The van der Waals surface area contributed by atoms with Gasteiger partial charge < -0.3 is 0 Å². The lowest BCUT2D eigenvalue weighted by Crippen LogP contribution is -2.39. The second-order valence-corrected chi connectivity index (χ2v) is 8.89. The van der Waals surface area contributed by atoms with Gasteiger partial charge in [0.15, 0.2) is 9.84 Å². The Bertz CT molecular complexity index is 934. The van der Waals surface area contributed by atoms with E-state index in [9.17, 15) is 18.0 Å². The number of rotatable bonds is 3. The molecular formula is C19H18N2O4S. The summed E-state index contributed by atoms with van der Waals surface area (Å²) in [4.78, 5) is 28.3. The molecule has 4 rings (SSSR count). The summed E-state index contributed by atoms with van der Waals surface area (Å²) in [6, 6.07) is 14.1. The molecule has 26 heavy (non-hydrogen) atoms. The van der Waals surface area contributed by atoms with Crippen molar-refractivity contribution in [1.82, 2.24) is 4.90 Å². The second-order valence-electron chi connectivity index (χ2n) is 6.59. The number of imide groups is 1. The average Bonchev–Trinajstić information content (AvgIpc) is 2.89. The van der Waals surface area contributed by atoms with E-state index in [1.165, 1.54) is 4.90 Å². The Morgan fingerprint density at radius 2 is 1.35 bits per heavy atom. The third-order valence-corrected chi connectivity index (χ3v) is 6.44. The van der Waals surface area contributed by atoms with Crippen molar-refractivity contribution in [3.8, 4) is 0 Å². The standard InChI is InChI=1S/C19H18N2O4S/c22-18-16-3-1-2-4-17(16)19(23)21(18)15-7-5-14(6-8-15)13-20-9-11-26(24,25)12-10-20/h1-8H,9-13H2. The maximum atomic E-state index is 12.5. The van der Waals surface area contributed by atoms with Gasteiger partial charge in [-0.3, -0.25) is 14.5 Å². The largest absolute Gasteiger partial charge is 0.297 e. The summed E-state index contributed by atoms with van der Waals surface area (Å²) in [7, 11) is -2.89. The third kappa shape index (κ3) is 3.04. The molecule has 0 bridgehead atoms. The molecule has 0 aromatic heterocycles. The number of hydrogen-bond donors (Lipinski definition) is 0. The van der Waals surface area contributed by atoms with Crippen LogP contribution in [-0.2, 0) is 16.4 Å². The Kier molecular flexibility index (Phi) is 4.13. The molecule has 2 amide bonds. The second kappa shape index (κ2) is 6.34. The molecule has 2 aromatic carbocycles. The predicted molar refractivity (Wildman–Crippen MR) is 98.0 cm³/mol. The van der Waals surface area contributed by atoms with E-state index < -0.39 is 9.84 Å². The Morgan fingerprint density at radius 1 is 0.808 bits per heavy atom. The number of hydrogen-bond acceptors (Lipinski definition) is 5. The van der Waals surface area contributed by atoms with Crippen LogP contribution in [0.5, 0.6) is 0 Å². The lowest BCUT2D eigenvalue weighted by molar-refractivity contribution is 0.0926. The number of amides is 2. The first-order chi connectivity index (χ1) is 12.4. The molecule has 0 unspecified atom stereocenters. The fourth-order valence-corrected chi connectivity index (χ4v) is 4.62. The van der Waals surface area contributed by atoms with Gasteiger partial charge in [0.05, 0.1) is 28.3 Å². The Balaban J connectivity index is 1.49. The van der Waals surface area contributed by atoms with Crippen LogP contribution in [0.1, 0.15) is 26.3 Å². The molecule has 7 heteroatoms. The molecule has 0 spiro atoms. The molecule has 1 saturated heterocycles. The smallest absolute Gasteiger partial charge is 0.266 e. The van der Waals surface area contributed by atoms with E-state index in [1.807, 2.05) is 12.1 Å². The number of fused-ring (bicyclic) bond motifs is 1. The maximum Gasteiger partial charge on any atom is 0.266 e. The van der Waals surface area contributed by atoms with Gasteiger partial charge in [0, 0.05) is 19.6 Å². The highest BCUT2D eigenvalue weighted by Crippen LogP contribution is 2.28. The quantitative estimate of drug-likeness (QED) is 0.769.